The van der Waals surface area contributed by atoms with E-state index in [1.54, 1.807) is 6.92 Å². The number of aliphatic hydroxyl groups excluding tert-OH is 2. The third-order valence-electron chi connectivity index (χ3n) is 21.5. The summed E-state index contributed by atoms with van der Waals surface area (Å²) in [6, 6.07) is -8.92. The number of aliphatic hydroxyl groups is 2. The Balaban J connectivity index is 1.10. The molecule has 14 atom stereocenters. The number of unbranched alkanes of at least 4 members (excludes halogenated alkanes) is 5. The minimum Gasteiger partial charge on any atom is -0.481 e. The summed E-state index contributed by atoms with van der Waals surface area (Å²) in [5.74, 6) is -3.86. The molecular formula is C76H128N22O18. The number of likely N-dealkylation sites (tertiary alicyclic amines) is 4. The van der Waals surface area contributed by atoms with E-state index in [0.29, 0.717) is 103 Å². The van der Waals surface area contributed by atoms with E-state index in [0.717, 1.165) is 0 Å². The number of nitrogen functional groups attached to an aromatic ring is 1. The predicted molar refractivity (Wildman–Crippen MR) is 428 cm³/mol. The van der Waals surface area contributed by atoms with Crippen LogP contribution in [0, 0.1) is 5.92 Å². The van der Waals surface area contributed by atoms with Crippen LogP contribution in [0.15, 0.2) is 28.3 Å². The first-order valence-corrected chi connectivity index (χ1v) is 40.9. The van der Waals surface area contributed by atoms with Crippen LogP contribution in [-0.2, 0) is 57.5 Å². The maximum Gasteiger partial charge on any atom is 0.326 e. The first-order valence-electron chi connectivity index (χ1n) is 40.9. The highest BCUT2D eigenvalue weighted by Crippen LogP contribution is 2.31. The highest BCUT2D eigenvalue weighted by molar-refractivity contribution is 5.99. The number of hydrogen-bond donors (Lipinski definition) is 19. The van der Waals surface area contributed by atoms with Crippen LogP contribution in [0.25, 0.3) is 0 Å². The number of guanidine groups is 2. The smallest absolute Gasteiger partial charge is 0.326 e. The number of aliphatic carboxylic acids is 2. The molecular weight excluding hydrogens is 1510 g/mol. The van der Waals surface area contributed by atoms with Crippen LogP contribution >= 0.6 is 0 Å². The molecule has 4 saturated heterocycles. The number of carboxylic acids is 2. The molecule has 26 N–H and O–H groups in total. The number of carbonyl (C=O) groups excluding carboxylic acids is 12. The maximum absolute atomic E-state index is 14.6. The van der Waals surface area contributed by atoms with Gasteiger partial charge in [-0.3, -0.25) is 67.5 Å². The largest absolute Gasteiger partial charge is 0.481 e. The molecule has 5 heterocycles. The average Bonchev–Trinajstić information content (AvgIpc) is 1.65. The first kappa shape index (κ1) is 96.8. The number of aromatic nitrogens is 1. The second-order valence-corrected chi connectivity index (χ2v) is 30.5. The fraction of sp³-hybridized carbons (Fsp3) is 0.724. The molecule has 0 aromatic carbocycles. The number of nitrogens with two attached hydrogens (primary N) is 7. The molecule has 0 saturated carbocycles. The number of rotatable bonds is 54. The third kappa shape index (κ3) is 31.7. The number of hydrogen-bond acceptors (Lipinski definition) is 24. The minimum atomic E-state index is -1.54. The Labute approximate surface area is 677 Å². The molecule has 0 spiro atoms. The average molecular weight is 1640 g/mol. The maximum atomic E-state index is 14.6. The van der Waals surface area contributed by atoms with E-state index < -0.39 is 144 Å². The van der Waals surface area contributed by atoms with Crippen molar-refractivity contribution in [3.8, 4) is 0 Å². The third-order valence-corrected chi connectivity index (χ3v) is 21.5. The van der Waals surface area contributed by atoms with Crippen LogP contribution in [0.5, 0.6) is 0 Å². The molecule has 1 aromatic rings. The lowest BCUT2D eigenvalue weighted by atomic mass is 9.93. The van der Waals surface area contributed by atoms with E-state index in [1.807, 2.05) is 0 Å². The van der Waals surface area contributed by atoms with Crippen molar-refractivity contribution in [2.75, 3.05) is 64.3 Å². The van der Waals surface area contributed by atoms with Crippen LogP contribution in [0.1, 0.15) is 217 Å². The van der Waals surface area contributed by atoms with Gasteiger partial charge in [-0.2, -0.15) is 0 Å². The highest BCUT2D eigenvalue weighted by atomic mass is 16.4. The molecule has 10 amide bonds. The van der Waals surface area contributed by atoms with Crippen LogP contribution in [0.2, 0.25) is 0 Å². The van der Waals surface area contributed by atoms with Gasteiger partial charge in [0.05, 0.1) is 47.9 Å². The number of carbonyl (C=O) groups is 14. The lowest BCUT2D eigenvalue weighted by molar-refractivity contribution is -0.149. The summed E-state index contributed by atoms with van der Waals surface area (Å²) in [6.45, 7) is 6.35. The lowest BCUT2D eigenvalue weighted by Crippen LogP contribution is -2.59. The second kappa shape index (κ2) is 50.7. The van der Waals surface area contributed by atoms with E-state index in [1.165, 1.54) is 51.8 Å². The number of nitrogens with one attached hydrogen (secondary N) is 8. The zero-order valence-electron chi connectivity index (χ0n) is 67.4. The van der Waals surface area contributed by atoms with Gasteiger partial charge in [-0.05, 0) is 187 Å². The molecule has 0 radical (unpaired) electrons. The van der Waals surface area contributed by atoms with Crippen LogP contribution < -0.4 is 82.9 Å². The molecule has 0 aliphatic carbocycles. The van der Waals surface area contributed by atoms with Crippen LogP contribution in [0.4, 0.5) is 10.6 Å². The quantitative estimate of drug-likeness (QED) is 0.0108. The van der Waals surface area contributed by atoms with Gasteiger partial charge in [-0.1, -0.05) is 12.8 Å². The van der Waals surface area contributed by atoms with Crippen molar-refractivity contribution < 1.29 is 87.5 Å². The summed E-state index contributed by atoms with van der Waals surface area (Å²) < 4.78 is 0. The number of pyridine rings is 1. The van der Waals surface area contributed by atoms with E-state index in [-0.39, 0.29) is 189 Å². The lowest BCUT2D eigenvalue weighted by Gasteiger charge is -2.35. The fourth-order valence-corrected chi connectivity index (χ4v) is 15.2. The van der Waals surface area contributed by atoms with Crippen LogP contribution in [-0.4, -0.2) is 277 Å². The number of Topliss-reactive ketones (excluding diaryl/α,β-unsaturated/α-hetero) is 3. The van der Waals surface area contributed by atoms with Crippen molar-refractivity contribution in [1.29, 1.82) is 0 Å². The van der Waals surface area contributed by atoms with Gasteiger partial charge in [0.2, 0.25) is 41.4 Å². The Kier molecular flexibility index (Phi) is 42.3. The topological polar surface area (TPSA) is 649 Å². The zero-order chi connectivity index (χ0) is 85.6. The van der Waals surface area contributed by atoms with Gasteiger partial charge in [-0.15, -0.1) is 0 Å². The van der Waals surface area contributed by atoms with E-state index in [9.17, 15) is 87.5 Å². The molecule has 4 fully saturated rings. The number of amides is 10. The van der Waals surface area contributed by atoms with Crippen molar-refractivity contribution in [3.63, 3.8) is 0 Å². The molecule has 650 valence electrons. The van der Waals surface area contributed by atoms with Crippen LogP contribution in [0.3, 0.4) is 0 Å². The van der Waals surface area contributed by atoms with Gasteiger partial charge in [0, 0.05) is 90.2 Å². The number of hydrazine groups is 1. The van der Waals surface area contributed by atoms with Crippen molar-refractivity contribution in [2.45, 2.75) is 286 Å². The van der Waals surface area contributed by atoms with Crippen molar-refractivity contribution >= 4 is 100 Å². The fourth-order valence-electron chi connectivity index (χ4n) is 15.2. The van der Waals surface area contributed by atoms with Gasteiger partial charge >= 0.3 is 18.0 Å². The molecule has 4 aliphatic rings. The van der Waals surface area contributed by atoms with Gasteiger partial charge < -0.3 is 117 Å². The molecule has 116 heavy (non-hydrogen) atoms. The number of urea groups is 1. The molecule has 40 nitrogen and oxygen atoms in total. The van der Waals surface area contributed by atoms with Gasteiger partial charge in [0.15, 0.2) is 23.5 Å². The van der Waals surface area contributed by atoms with Crippen molar-refractivity contribution in [3.05, 3.63) is 23.9 Å². The molecule has 40 heteroatoms. The van der Waals surface area contributed by atoms with Gasteiger partial charge in [0.25, 0.3) is 5.91 Å². The molecule has 5 rings (SSSR count). The summed E-state index contributed by atoms with van der Waals surface area (Å²) in [5, 5.41) is 61.1. The predicted octanol–water partition coefficient (Wildman–Crippen LogP) is -2.19. The van der Waals surface area contributed by atoms with E-state index >= 15 is 0 Å². The summed E-state index contributed by atoms with van der Waals surface area (Å²) >= 11 is 0. The number of carboxylic acid groups (broad SMARTS) is 2. The summed E-state index contributed by atoms with van der Waals surface area (Å²) in [6.07, 6.45) is 6.01. The van der Waals surface area contributed by atoms with Crippen molar-refractivity contribution in [1.82, 2.24) is 61.8 Å². The monoisotopic (exact) mass is 1640 g/mol. The second-order valence-electron chi connectivity index (χ2n) is 30.5. The van der Waals surface area contributed by atoms with Crippen molar-refractivity contribution in [2.24, 2.45) is 56.1 Å². The Morgan fingerprint density at radius 3 is 1.68 bits per heavy atom. The number of nitrogens with zero attached hydrogens (tertiary/aromatic N) is 7. The summed E-state index contributed by atoms with van der Waals surface area (Å²) in [5.41, 5.74) is 35.6. The number of ketones is 3. The normalized spacial score (nSPS) is 19.1. The minimum absolute atomic E-state index is 0.0106. The molecule has 14 unspecified atom stereocenters. The summed E-state index contributed by atoms with van der Waals surface area (Å²) in [7, 11) is 0. The SMILES string of the molecule is CC(O)C(NC(=O)CCCCNC(=O)C(CCC(=O)CCCCCC(=O)NC(C(C)O)C(C)NC(CCCCN)C(=O)C1CCCN1C(=O)N1CCCC1C(=O)CC(CCCN=C(N)N)C(=O)O)NC(=O)c1ccc(NN)nc1)C(=O)NC(CCCCN)C(=O)N1CCCC1C(=O)N1CCCC1C(=O)NC(CCCN=C(N)N)C(=O)O. The molecule has 4 aliphatic heterocycles. The number of anilines is 1. The molecule has 1 aromatic heterocycles. The Morgan fingerprint density at radius 1 is 0.534 bits per heavy atom. The Bertz CT molecular complexity index is 3490. The summed E-state index contributed by atoms with van der Waals surface area (Å²) in [4.78, 5) is 208. The standard InChI is InChI=1S/C76H128N22O18/c1-45(88-51(21-7-10-34-77)65(105)56-25-16-42-98(56)76(116)97-41-15-24-55(97)59(102)43-48(72(112)113)19-13-37-85-74(79)80)63(46(2)99)92-61(103)28-6-4-5-20-50(101)31-32-52(89-66(106)49-30-33-60(94-83)87-44-49)67(107)84-36-12-9-29-62(104)93-64(47(3)100)69(109)90-53(22-8-11-35-78)70(110)96-40-18-27-58(96)71(111)95-39-17-26-57(95)68(108)91-54(73(114)115)23-14-38-86-75(81)82/h30,33,44-48,51-58,63-64,88,99-100H,4-29,31-32,34-43,77-78,83H2,1-3H3,(H,84,107)(H,87,94)(H,89,106)(H,90,109)(H,91,108)(H,92,103)(H,93,104)(H,112,113)(H,114,115)(H4,79,80,85)(H4,81,82,86). The van der Waals surface area contributed by atoms with E-state index in [2.05, 4.69) is 57.6 Å². The Hall–Kier alpha value is -9.77. The number of aliphatic imine (C=N–C) groups is 2. The first-order chi connectivity index (χ1) is 55.3. The Morgan fingerprint density at radius 2 is 1.09 bits per heavy atom. The molecule has 0 bridgehead atoms. The van der Waals surface area contributed by atoms with Gasteiger partial charge in [0.1, 0.15) is 47.9 Å². The zero-order valence-corrected chi connectivity index (χ0v) is 67.4. The van der Waals surface area contributed by atoms with E-state index in [4.69, 9.17) is 40.2 Å². The highest BCUT2D eigenvalue weighted by Gasteiger charge is 2.47. The van der Waals surface area contributed by atoms with Gasteiger partial charge in [-0.25, -0.2) is 20.4 Å².